The topological polar surface area (TPSA) is 64.1 Å². The van der Waals surface area contributed by atoms with Gasteiger partial charge in [-0.25, -0.2) is 4.98 Å². The van der Waals surface area contributed by atoms with Crippen molar-refractivity contribution in [2.45, 2.75) is 13.5 Å². The van der Waals surface area contributed by atoms with E-state index in [1.165, 1.54) is 5.56 Å². The van der Waals surface area contributed by atoms with Crippen LogP contribution in [-0.4, -0.2) is 14.7 Å². The molecule has 3 N–H and O–H groups in total. The number of aromatic hydroxyl groups is 1. The molecule has 23 heavy (non-hydrogen) atoms. The third-order valence-corrected chi connectivity index (χ3v) is 3.58. The standard InChI is InChI=1S/C19H17N3O/c1-14-10-16(12-22-9-8-21-13-22)3-6-17(14)5-2-15-4-7-19(23)18(20)11-15/h3-4,6-11,13,23H,12,20H2,1H3. The Balaban J connectivity index is 1.81. The Morgan fingerprint density at radius 3 is 2.74 bits per heavy atom. The van der Waals surface area contributed by atoms with Crippen LogP contribution >= 0.6 is 0 Å². The minimum atomic E-state index is 0.0792. The number of nitrogens with zero attached hydrogens (tertiary/aromatic N) is 2. The van der Waals surface area contributed by atoms with Gasteiger partial charge in [-0.3, -0.25) is 0 Å². The minimum absolute atomic E-state index is 0.0792. The van der Waals surface area contributed by atoms with Crippen molar-refractivity contribution in [1.82, 2.24) is 9.55 Å². The first-order valence-electron chi connectivity index (χ1n) is 7.27. The van der Waals surface area contributed by atoms with Gasteiger partial charge in [0.1, 0.15) is 5.75 Å². The summed E-state index contributed by atoms with van der Waals surface area (Å²) < 4.78 is 2.03. The van der Waals surface area contributed by atoms with Crippen LogP contribution in [0.3, 0.4) is 0 Å². The molecule has 0 aliphatic carbocycles. The third kappa shape index (κ3) is 3.53. The lowest BCUT2D eigenvalue weighted by atomic mass is 10.0. The summed E-state index contributed by atoms with van der Waals surface area (Å²) in [5.41, 5.74) is 10.1. The number of hydrogen-bond donors (Lipinski definition) is 2. The highest BCUT2D eigenvalue weighted by Crippen LogP contribution is 2.20. The number of benzene rings is 2. The van der Waals surface area contributed by atoms with Crippen LogP contribution in [0.15, 0.2) is 55.1 Å². The molecule has 0 saturated heterocycles. The summed E-state index contributed by atoms with van der Waals surface area (Å²) in [6.07, 6.45) is 5.52. The van der Waals surface area contributed by atoms with Crippen molar-refractivity contribution in [2.75, 3.05) is 5.73 Å². The number of anilines is 1. The van der Waals surface area contributed by atoms with Crippen molar-refractivity contribution in [3.63, 3.8) is 0 Å². The average molecular weight is 303 g/mol. The molecular formula is C19H17N3O. The fraction of sp³-hybridized carbons (Fsp3) is 0.105. The summed E-state index contributed by atoms with van der Waals surface area (Å²) in [6, 6.07) is 11.2. The predicted octanol–water partition coefficient (Wildman–Crippen LogP) is 2.93. The van der Waals surface area contributed by atoms with E-state index >= 15 is 0 Å². The summed E-state index contributed by atoms with van der Waals surface area (Å²) in [7, 11) is 0. The number of imidazole rings is 1. The van der Waals surface area contributed by atoms with Crippen LogP contribution in [-0.2, 0) is 6.54 Å². The van der Waals surface area contributed by atoms with Crippen molar-refractivity contribution in [3.8, 4) is 17.6 Å². The molecule has 0 amide bonds. The van der Waals surface area contributed by atoms with Gasteiger partial charge in [0.25, 0.3) is 0 Å². The molecular weight excluding hydrogens is 286 g/mol. The molecule has 4 nitrogen and oxygen atoms in total. The van der Waals surface area contributed by atoms with Gasteiger partial charge in [-0.15, -0.1) is 0 Å². The van der Waals surface area contributed by atoms with Crippen molar-refractivity contribution in [1.29, 1.82) is 0 Å². The van der Waals surface area contributed by atoms with Crippen LogP contribution in [0.1, 0.15) is 22.3 Å². The van der Waals surface area contributed by atoms with Gasteiger partial charge >= 0.3 is 0 Å². The molecule has 3 aromatic rings. The number of aryl methyl sites for hydroxylation is 1. The van der Waals surface area contributed by atoms with Gasteiger partial charge < -0.3 is 15.4 Å². The quantitative estimate of drug-likeness (QED) is 0.434. The molecule has 3 rings (SSSR count). The lowest BCUT2D eigenvalue weighted by Crippen LogP contribution is -1.97. The van der Waals surface area contributed by atoms with Gasteiger partial charge in [-0.2, -0.15) is 0 Å². The number of phenolic OH excluding ortho intramolecular Hbond substituents is 1. The van der Waals surface area contributed by atoms with Crippen molar-refractivity contribution in [2.24, 2.45) is 0 Å². The molecule has 0 aliphatic rings. The molecule has 0 bridgehead atoms. The van der Waals surface area contributed by atoms with E-state index in [-0.39, 0.29) is 5.75 Å². The van der Waals surface area contributed by atoms with Crippen molar-refractivity contribution in [3.05, 3.63) is 77.4 Å². The number of hydrogen-bond acceptors (Lipinski definition) is 3. The Bertz CT molecular complexity index is 887. The SMILES string of the molecule is Cc1cc(Cn2ccnc2)ccc1C#Cc1ccc(O)c(N)c1. The zero-order valence-electron chi connectivity index (χ0n) is 12.8. The van der Waals surface area contributed by atoms with E-state index in [9.17, 15) is 5.11 Å². The summed E-state index contributed by atoms with van der Waals surface area (Å²) in [5.74, 6) is 6.31. The molecule has 0 unspecified atom stereocenters. The van der Waals surface area contributed by atoms with Crippen molar-refractivity contribution < 1.29 is 5.11 Å². The second-order valence-electron chi connectivity index (χ2n) is 5.41. The molecule has 0 saturated carbocycles. The number of phenols is 1. The first-order valence-corrected chi connectivity index (χ1v) is 7.27. The number of aromatic nitrogens is 2. The zero-order chi connectivity index (χ0) is 16.2. The molecule has 0 fully saturated rings. The molecule has 114 valence electrons. The van der Waals surface area contributed by atoms with E-state index in [1.54, 1.807) is 30.7 Å². The van der Waals surface area contributed by atoms with Gasteiger partial charge in [0, 0.05) is 30.1 Å². The van der Waals surface area contributed by atoms with Gasteiger partial charge in [0.2, 0.25) is 0 Å². The molecule has 0 atom stereocenters. The fourth-order valence-electron chi connectivity index (χ4n) is 2.33. The Kier molecular flexibility index (Phi) is 4.03. The van der Waals surface area contributed by atoms with E-state index in [4.69, 9.17) is 5.73 Å². The first kappa shape index (κ1) is 14.7. The van der Waals surface area contributed by atoms with Gasteiger partial charge in [-0.1, -0.05) is 24.0 Å². The summed E-state index contributed by atoms with van der Waals surface area (Å²) >= 11 is 0. The Labute approximate surface area is 135 Å². The summed E-state index contributed by atoms with van der Waals surface area (Å²) in [5, 5.41) is 9.43. The van der Waals surface area contributed by atoms with Crippen LogP contribution in [0.2, 0.25) is 0 Å². The van der Waals surface area contributed by atoms with Crippen LogP contribution in [0.5, 0.6) is 5.75 Å². The van der Waals surface area contributed by atoms with Gasteiger partial charge in [0.15, 0.2) is 0 Å². The summed E-state index contributed by atoms with van der Waals surface area (Å²) in [6.45, 7) is 2.84. The normalized spacial score (nSPS) is 10.1. The van der Waals surface area contributed by atoms with Crippen LogP contribution in [0.4, 0.5) is 5.69 Å². The highest BCUT2D eigenvalue weighted by atomic mass is 16.3. The zero-order valence-corrected chi connectivity index (χ0v) is 12.8. The largest absolute Gasteiger partial charge is 0.506 e. The highest BCUT2D eigenvalue weighted by molar-refractivity contribution is 5.57. The Hall–Kier alpha value is -3.19. The van der Waals surface area contributed by atoms with E-state index in [1.807, 2.05) is 23.8 Å². The molecule has 0 radical (unpaired) electrons. The van der Waals surface area contributed by atoms with Gasteiger partial charge in [-0.05, 0) is 42.3 Å². The molecule has 0 spiro atoms. The lowest BCUT2D eigenvalue weighted by molar-refractivity contribution is 0.478. The maximum atomic E-state index is 9.43. The van der Waals surface area contributed by atoms with Crippen LogP contribution < -0.4 is 5.73 Å². The van der Waals surface area contributed by atoms with Crippen LogP contribution in [0, 0.1) is 18.8 Å². The highest BCUT2D eigenvalue weighted by Gasteiger charge is 2.00. The summed E-state index contributed by atoms with van der Waals surface area (Å²) in [4.78, 5) is 4.05. The Morgan fingerprint density at radius 2 is 2.04 bits per heavy atom. The van der Waals surface area contributed by atoms with E-state index < -0.39 is 0 Å². The first-order chi connectivity index (χ1) is 11.1. The van der Waals surface area contributed by atoms with E-state index in [0.29, 0.717) is 5.69 Å². The maximum Gasteiger partial charge on any atom is 0.138 e. The van der Waals surface area contributed by atoms with Crippen LogP contribution in [0.25, 0.3) is 0 Å². The Morgan fingerprint density at radius 1 is 1.17 bits per heavy atom. The number of nitrogens with two attached hydrogens (primary N) is 1. The number of rotatable bonds is 2. The third-order valence-electron chi connectivity index (χ3n) is 3.58. The minimum Gasteiger partial charge on any atom is -0.506 e. The monoisotopic (exact) mass is 303 g/mol. The average Bonchev–Trinajstić information content (AvgIpc) is 3.03. The second kappa shape index (κ2) is 6.29. The van der Waals surface area contributed by atoms with Gasteiger partial charge in [0.05, 0.1) is 12.0 Å². The molecule has 4 heteroatoms. The van der Waals surface area contributed by atoms with Crippen molar-refractivity contribution >= 4 is 5.69 Å². The second-order valence-corrected chi connectivity index (χ2v) is 5.41. The molecule has 1 aromatic heterocycles. The number of nitrogen functional groups attached to an aromatic ring is 1. The molecule has 1 heterocycles. The fourth-order valence-corrected chi connectivity index (χ4v) is 2.33. The molecule has 0 aliphatic heterocycles. The molecule has 2 aromatic carbocycles. The predicted molar refractivity (Wildman–Crippen MR) is 91.0 cm³/mol. The van der Waals surface area contributed by atoms with E-state index in [2.05, 4.69) is 29.0 Å². The van der Waals surface area contributed by atoms with E-state index in [0.717, 1.165) is 23.2 Å². The maximum absolute atomic E-state index is 9.43. The smallest absolute Gasteiger partial charge is 0.138 e. The lowest BCUT2D eigenvalue weighted by Gasteiger charge is -2.05.